The smallest absolute Gasteiger partial charge is 0.323 e. The van der Waals surface area contributed by atoms with Crippen LogP contribution in [0.5, 0.6) is 0 Å². The molecule has 0 aliphatic carbocycles. The van der Waals surface area contributed by atoms with E-state index in [4.69, 9.17) is 9.84 Å². The molecule has 0 unspecified atom stereocenters. The van der Waals surface area contributed by atoms with Crippen LogP contribution in [0.4, 0.5) is 5.69 Å². The molecule has 1 aromatic heterocycles. The fourth-order valence-corrected chi connectivity index (χ4v) is 3.40. The van der Waals surface area contributed by atoms with Crippen LogP contribution >= 0.6 is 0 Å². The van der Waals surface area contributed by atoms with E-state index in [1.807, 2.05) is 32.0 Å². The van der Waals surface area contributed by atoms with Gasteiger partial charge in [0.05, 0.1) is 23.6 Å². The lowest BCUT2D eigenvalue weighted by Gasteiger charge is -2.32. The minimum absolute atomic E-state index is 0.0167. The minimum Gasteiger partial charge on any atom is -0.480 e. The number of hydrogen-bond acceptors (Lipinski definition) is 5. The number of nitrogens with zero attached hydrogens (tertiary/aromatic N) is 3. The summed E-state index contributed by atoms with van der Waals surface area (Å²) in [7, 11) is 0. The normalized spacial score (nSPS) is 15.5. The van der Waals surface area contributed by atoms with Gasteiger partial charge in [-0.1, -0.05) is 0 Å². The lowest BCUT2D eigenvalue weighted by atomic mass is 9.96. The van der Waals surface area contributed by atoms with Gasteiger partial charge in [-0.05, 0) is 44.9 Å². The minimum atomic E-state index is -0.882. The van der Waals surface area contributed by atoms with E-state index >= 15 is 0 Å². The molecule has 0 spiro atoms. The first kappa shape index (κ1) is 17.3. The first-order chi connectivity index (χ1) is 12.0. The zero-order valence-corrected chi connectivity index (χ0v) is 14.6. The van der Waals surface area contributed by atoms with Gasteiger partial charge in [-0.3, -0.25) is 9.59 Å². The lowest BCUT2D eigenvalue weighted by Crippen LogP contribution is -2.36. The number of piperidine rings is 1. The lowest BCUT2D eigenvalue weighted by molar-refractivity contribution is -0.148. The SMILES string of the molecule is CCOC(=O)C1CCN(c2ccc3c(c2)nc(C)n3CC(=O)O)CC1. The van der Waals surface area contributed by atoms with Gasteiger partial charge in [-0.25, -0.2) is 4.98 Å². The van der Waals surface area contributed by atoms with Crippen LogP contribution in [0.15, 0.2) is 18.2 Å². The second-order valence-corrected chi connectivity index (χ2v) is 6.33. The number of aromatic nitrogens is 2. The molecular weight excluding hydrogens is 322 g/mol. The van der Waals surface area contributed by atoms with Crippen molar-refractivity contribution in [3.05, 3.63) is 24.0 Å². The summed E-state index contributed by atoms with van der Waals surface area (Å²) in [5.74, 6) is -0.305. The largest absolute Gasteiger partial charge is 0.480 e. The number of hydrogen-bond donors (Lipinski definition) is 1. The molecule has 0 bridgehead atoms. The van der Waals surface area contributed by atoms with Crippen LogP contribution < -0.4 is 4.90 Å². The Labute approximate surface area is 146 Å². The van der Waals surface area contributed by atoms with Crippen LogP contribution in [0.25, 0.3) is 11.0 Å². The molecule has 2 aromatic rings. The number of carbonyl (C=O) groups is 2. The van der Waals surface area contributed by atoms with Crippen molar-refractivity contribution < 1.29 is 19.4 Å². The average molecular weight is 345 g/mol. The monoisotopic (exact) mass is 345 g/mol. The molecule has 7 heteroatoms. The highest BCUT2D eigenvalue weighted by molar-refractivity contribution is 5.82. The number of carboxylic acids is 1. The highest BCUT2D eigenvalue weighted by atomic mass is 16.5. The van der Waals surface area contributed by atoms with E-state index in [0.29, 0.717) is 12.4 Å². The third kappa shape index (κ3) is 3.60. The fraction of sp³-hybridized carbons (Fsp3) is 0.500. The topological polar surface area (TPSA) is 84.7 Å². The molecule has 1 aliphatic heterocycles. The summed E-state index contributed by atoms with van der Waals surface area (Å²) < 4.78 is 6.81. The van der Waals surface area contributed by atoms with Crippen LogP contribution in [0.2, 0.25) is 0 Å². The maximum atomic E-state index is 11.8. The number of aryl methyl sites for hydroxylation is 1. The Morgan fingerprint density at radius 3 is 2.68 bits per heavy atom. The second-order valence-electron chi connectivity index (χ2n) is 6.33. The molecule has 0 amide bonds. The Morgan fingerprint density at radius 2 is 2.04 bits per heavy atom. The van der Waals surface area contributed by atoms with Crippen molar-refractivity contribution in [2.24, 2.45) is 5.92 Å². The molecule has 0 radical (unpaired) electrons. The van der Waals surface area contributed by atoms with Crippen LogP contribution in [0.1, 0.15) is 25.6 Å². The highest BCUT2D eigenvalue weighted by Crippen LogP contribution is 2.27. The molecule has 1 fully saturated rings. The number of imidazole rings is 1. The number of anilines is 1. The van der Waals surface area contributed by atoms with Gasteiger partial charge in [0, 0.05) is 18.8 Å². The summed E-state index contributed by atoms with van der Waals surface area (Å²) in [5, 5.41) is 9.04. The number of rotatable bonds is 5. The molecule has 0 saturated carbocycles. The molecule has 134 valence electrons. The molecule has 1 aromatic carbocycles. The third-order valence-electron chi connectivity index (χ3n) is 4.70. The standard InChI is InChI=1S/C18H23N3O4/c1-3-25-18(24)13-6-8-20(9-7-13)14-4-5-16-15(10-14)19-12(2)21(16)11-17(22)23/h4-5,10,13H,3,6-9,11H2,1-2H3,(H,22,23). The van der Waals surface area contributed by atoms with E-state index in [9.17, 15) is 9.59 Å². The van der Waals surface area contributed by atoms with Crippen LogP contribution in [-0.2, 0) is 20.9 Å². The number of ether oxygens (including phenoxy) is 1. The number of carbonyl (C=O) groups excluding carboxylic acids is 1. The van der Waals surface area contributed by atoms with Crippen LogP contribution in [0.3, 0.4) is 0 Å². The third-order valence-corrected chi connectivity index (χ3v) is 4.70. The van der Waals surface area contributed by atoms with Crippen molar-refractivity contribution in [1.29, 1.82) is 0 Å². The number of aliphatic carboxylic acids is 1. The highest BCUT2D eigenvalue weighted by Gasteiger charge is 2.26. The number of esters is 1. The maximum absolute atomic E-state index is 11.8. The van der Waals surface area contributed by atoms with Crippen LogP contribution in [-0.4, -0.2) is 46.3 Å². The molecule has 1 aliphatic rings. The molecule has 3 rings (SSSR count). The average Bonchev–Trinajstić information content (AvgIpc) is 2.89. The van der Waals surface area contributed by atoms with Gasteiger partial charge in [-0.15, -0.1) is 0 Å². The predicted octanol–water partition coefficient (Wildman–Crippen LogP) is 2.21. The van der Waals surface area contributed by atoms with Gasteiger partial charge in [0.1, 0.15) is 12.4 Å². The van der Waals surface area contributed by atoms with E-state index in [1.54, 1.807) is 4.57 Å². The van der Waals surface area contributed by atoms with Gasteiger partial charge < -0.3 is 19.3 Å². The fourth-order valence-electron chi connectivity index (χ4n) is 3.40. The van der Waals surface area contributed by atoms with Crippen LogP contribution in [0, 0.1) is 12.8 Å². The van der Waals surface area contributed by atoms with E-state index in [-0.39, 0.29) is 18.4 Å². The molecule has 2 heterocycles. The quantitative estimate of drug-likeness (QED) is 0.837. The van der Waals surface area contributed by atoms with Gasteiger partial charge in [0.15, 0.2) is 0 Å². The summed E-state index contributed by atoms with van der Waals surface area (Å²) in [4.78, 5) is 29.6. The summed E-state index contributed by atoms with van der Waals surface area (Å²) in [6.45, 7) is 5.56. The molecule has 1 saturated heterocycles. The maximum Gasteiger partial charge on any atom is 0.323 e. The van der Waals surface area contributed by atoms with Crippen molar-refractivity contribution in [3.63, 3.8) is 0 Å². The molecule has 25 heavy (non-hydrogen) atoms. The van der Waals surface area contributed by atoms with E-state index < -0.39 is 5.97 Å². The Morgan fingerprint density at radius 1 is 1.32 bits per heavy atom. The molecular formula is C18H23N3O4. The van der Waals surface area contributed by atoms with Crippen molar-refractivity contribution >= 4 is 28.7 Å². The summed E-state index contributed by atoms with van der Waals surface area (Å²) in [6.07, 6.45) is 1.56. The Balaban J connectivity index is 1.75. The Hall–Kier alpha value is -2.57. The second kappa shape index (κ2) is 7.13. The number of fused-ring (bicyclic) bond motifs is 1. The first-order valence-corrected chi connectivity index (χ1v) is 8.60. The predicted molar refractivity (Wildman–Crippen MR) is 93.7 cm³/mol. The Kier molecular flexibility index (Phi) is 4.92. The van der Waals surface area contributed by atoms with E-state index in [0.717, 1.165) is 42.7 Å². The number of benzene rings is 1. The van der Waals surface area contributed by atoms with Gasteiger partial charge in [0.2, 0.25) is 0 Å². The van der Waals surface area contributed by atoms with E-state index in [2.05, 4.69) is 9.88 Å². The van der Waals surface area contributed by atoms with Gasteiger partial charge in [0.25, 0.3) is 0 Å². The molecule has 0 atom stereocenters. The first-order valence-electron chi connectivity index (χ1n) is 8.60. The Bertz CT molecular complexity index is 791. The van der Waals surface area contributed by atoms with Gasteiger partial charge >= 0.3 is 11.9 Å². The summed E-state index contributed by atoms with van der Waals surface area (Å²) in [5.41, 5.74) is 2.67. The van der Waals surface area contributed by atoms with Crippen molar-refractivity contribution in [2.75, 3.05) is 24.6 Å². The number of carboxylic acid groups (broad SMARTS) is 1. The zero-order valence-electron chi connectivity index (χ0n) is 14.6. The van der Waals surface area contributed by atoms with Crippen molar-refractivity contribution in [2.45, 2.75) is 33.2 Å². The summed E-state index contributed by atoms with van der Waals surface area (Å²) in [6, 6.07) is 5.91. The molecule has 7 nitrogen and oxygen atoms in total. The van der Waals surface area contributed by atoms with Crippen molar-refractivity contribution in [3.8, 4) is 0 Å². The van der Waals surface area contributed by atoms with Crippen molar-refractivity contribution in [1.82, 2.24) is 9.55 Å². The summed E-state index contributed by atoms with van der Waals surface area (Å²) >= 11 is 0. The molecule has 1 N–H and O–H groups in total. The van der Waals surface area contributed by atoms with Gasteiger partial charge in [-0.2, -0.15) is 0 Å². The van der Waals surface area contributed by atoms with E-state index in [1.165, 1.54) is 0 Å². The zero-order chi connectivity index (χ0) is 18.0.